The maximum absolute atomic E-state index is 6.27. The second-order valence-electron chi connectivity index (χ2n) is 10.9. The van der Waals surface area contributed by atoms with E-state index in [1.807, 2.05) is 0 Å². The van der Waals surface area contributed by atoms with Gasteiger partial charge in [-0.3, -0.25) is 4.84 Å². The van der Waals surface area contributed by atoms with Crippen LogP contribution in [0.3, 0.4) is 0 Å². The molecule has 1 aliphatic heterocycles. The van der Waals surface area contributed by atoms with Crippen LogP contribution in [0.1, 0.15) is 157 Å². The van der Waals surface area contributed by atoms with Crippen LogP contribution in [-0.4, -0.2) is 22.7 Å². The van der Waals surface area contributed by atoms with Gasteiger partial charge in [-0.1, -0.05) is 103 Å². The van der Waals surface area contributed by atoms with Gasteiger partial charge in [-0.05, 0) is 53.4 Å². The molecule has 2 heteroatoms. The van der Waals surface area contributed by atoms with Gasteiger partial charge < -0.3 is 0 Å². The Hall–Kier alpha value is -0.0800. The second-order valence-corrected chi connectivity index (χ2v) is 10.9. The van der Waals surface area contributed by atoms with Crippen LogP contribution in [0.15, 0.2) is 0 Å². The molecule has 0 aromatic rings. The fraction of sp³-hybridized carbons (Fsp3) is 1.00. The lowest BCUT2D eigenvalue weighted by Gasteiger charge is -2.51. The van der Waals surface area contributed by atoms with Crippen molar-refractivity contribution in [3.05, 3.63) is 0 Å². The summed E-state index contributed by atoms with van der Waals surface area (Å²) in [4.78, 5) is 6.27. The van der Waals surface area contributed by atoms with Crippen LogP contribution in [0, 0.1) is 0 Å². The molecule has 174 valence electrons. The summed E-state index contributed by atoms with van der Waals surface area (Å²) in [6.45, 7) is 12.5. The fourth-order valence-corrected chi connectivity index (χ4v) is 5.13. The van der Waals surface area contributed by atoms with Crippen LogP contribution in [0.2, 0.25) is 0 Å². The van der Waals surface area contributed by atoms with Crippen molar-refractivity contribution in [3.8, 4) is 0 Å². The Morgan fingerprint density at radius 1 is 0.552 bits per heavy atom. The summed E-state index contributed by atoms with van der Waals surface area (Å²) in [6.07, 6.45) is 26.5. The minimum atomic E-state index is 0.177. The highest BCUT2D eigenvalue weighted by Gasteiger charge is 2.42. The van der Waals surface area contributed by atoms with Crippen LogP contribution in [0.4, 0.5) is 0 Å². The first-order valence-corrected chi connectivity index (χ1v) is 13.3. The second kappa shape index (κ2) is 15.7. The predicted octanol–water partition coefficient (Wildman–Crippen LogP) is 9.22. The molecule has 1 rings (SSSR count). The molecule has 0 bridgehead atoms. The summed E-state index contributed by atoms with van der Waals surface area (Å²) in [5, 5.41) is 2.31. The topological polar surface area (TPSA) is 12.5 Å². The average Bonchev–Trinajstić information content (AvgIpc) is 2.65. The van der Waals surface area contributed by atoms with Gasteiger partial charge in [-0.25, -0.2) is 0 Å². The molecule has 0 amide bonds. The molecular formula is C27H55NO. The number of hydroxylamine groups is 2. The maximum Gasteiger partial charge on any atom is 0.0685 e. The summed E-state index contributed by atoms with van der Waals surface area (Å²) >= 11 is 0. The molecule has 0 unspecified atom stereocenters. The lowest BCUT2D eigenvalue weighted by atomic mass is 9.82. The summed E-state index contributed by atoms with van der Waals surface area (Å²) < 4.78 is 0. The molecule has 0 aliphatic carbocycles. The van der Waals surface area contributed by atoms with Crippen LogP contribution in [0.5, 0.6) is 0 Å². The van der Waals surface area contributed by atoms with E-state index in [4.69, 9.17) is 4.84 Å². The Kier molecular flexibility index (Phi) is 14.6. The molecule has 0 aromatic carbocycles. The monoisotopic (exact) mass is 409 g/mol. The quantitative estimate of drug-likeness (QED) is 0.209. The molecule has 1 saturated heterocycles. The highest BCUT2D eigenvalue weighted by atomic mass is 16.7. The van der Waals surface area contributed by atoms with Gasteiger partial charge in [-0.15, -0.1) is 0 Å². The third-order valence-corrected chi connectivity index (χ3v) is 6.90. The average molecular weight is 410 g/mol. The molecule has 0 atom stereocenters. The number of hydrogen-bond acceptors (Lipinski definition) is 2. The number of piperidine rings is 1. The van der Waals surface area contributed by atoms with Gasteiger partial charge in [0.1, 0.15) is 0 Å². The fourth-order valence-electron chi connectivity index (χ4n) is 5.13. The predicted molar refractivity (Wildman–Crippen MR) is 129 cm³/mol. The van der Waals surface area contributed by atoms with Crippen molar-refractivity contribution >= 4 is 0 Å². The minimum absolute atomic E-state index is 0.177. The molecule has 0 spiro atoms. The zero-order valence-corrected chi connectivity index (χ0v) is 21.0. The number of rotatable bonds is 18. The van der Waals surface area contributed by atoms with Crippen LogP contribution in [-0.2, 0) is 4.84 Å². The van der Waals surface area contributed by atoms with Gasteiger partial charge >= 0.3 is 0 Å². The van der Waals surface area contributed by atoms with Crippen molar-refractivity contribution in [1.82, 2.24) is 5.06 Å². The van der Waals surface area contributed by atoms with Crippen molar-refractivity contribution in [2.45, 2.75) is 168 Å². The largest absolute Gasteiger partial charge is 0.298 e. The zero-order chi connectivity index (χ0) is 21.4. The lowest BCUT2D eigenvalue weighted by Crippen LogP contribution is -2.58. The molecule has 0 N–H and O–H groups in total. The molecule has 29 heavy (non-hydrogen) atoms. The Balaban J connectivity index is 1.86. The first-order chi connectivity index (χ1) is 13.9. The summed E-state index contributed by atoms with van der Waals surface area (Å²) in [5.74, 6) is 0. The van der Waals surface area contributed by atoms with Crippen LogP contribution in [0.25, 0.3) is 0 Å². The van der Waals surface area contributed by atoms with Crippen molar-refractivity contribution < 1.29 is 4.84 Å². The SMILES string of the molecule is CCCCCCCCCCCCCCCCCCON1C(C)(C)CCCC1(C)C. The highest BCUT2D eigenvalue weighted by Crippen LogP contribution is 2.38. The van der Waals surface area contributed by atoms with E-state index in [9.17, 15) is 0 Å². The van der Waals surface area contributed by atoms with E-state index in [2.05, 4.69) is 39.7 Å². The number of nitrogens with zero attached hydrogens (tertiary/aromatic N) is 1. The molecule has 0 saturated carbocycles. The number of hydrogen-bond donors (Lipinski definition) is 0. The van der Waals surface area contributed by atoms with Gasteiger partial charge in [0.25, 0.3) is 0 Å². The third kappa shape index (κ3) is 12.4. The molecule has 2 nitrogen and oxygen atoms in total. The molecule has 1 fully saturated rings. The van der Waals surface area contributed by atoms with E-state index < -0.39 is 0 Å². The van der Waals surface area contributed by atoms with Gasteiger partial charge in [0.15, 0.2) is 0 Å². The first kappa shape index (κ1) is 27.0. The minimum Gasteiger partial charge on any atom is -0.298 e. The smallest absolute Gasteiger partial charge is 0.0685 e. The molecular weight excluding hydrogens is 354 g/mol. The normalized spacial score (nSPS) is 18.9. The number of unbranched alkanes of at least 4 members (excludes halogenated alkanes) is 15. The van der Waals surface area contributed by atoms with E-state index in [1.165, 1.54) is 122 Å². The van der Waals surface area contributed by atoms with E-state index in [1.54, 1.807) is 0 Å². The van der Waals surface area contributed by atoms with E-state index in [-0.39, 0.29) is 11.1 Å². The summed E-state index contributed by atoms with van der Waals surface area (Å²) in [5.41, 5.74) is 0.355. The van der Waals surface area contributed by atoms with Crippen LogP contribution < -0.4 is 0 Å². The van der Waals surface area contributed by atoms with Gasteiger partial charge in [0.2, 0.25) is 0 Å². The van der Waals surface area contributed by atoms with E-state index >= 15 is 0 Å². The Labute approximate surface area is 184 Å². The van der Waals surface area contributed by atoms with Gasteiger partial charge in [0, 0.05) is 11.1 Å². The lowest BCUT2D eigenvalue weighted by molar-refractivity contribution is -0.281. The van der Waals surface area contributed by atoms with Crippen molar-refractivity contribution in [2.75, 3.05) is 6.61 Å². The van der Waals surface area contributed by atoms with E-state index in [0.29, 0.717) is 0 Å². The van der Waals surface area contributed by atoms with Crippen molar-refractivity contribution in [1.29, 1.82) is 0 Å². The standard InChI is InChI=1S/C27H55NO/c1-6-7-8-9-10-11-12-13-14-15-16-17-18-19-20-21-25-29-28-26(2,3)23-22-24-27(28,4)5/h6-25H2,1-5H3. The summed E-state index contributed by atoms with van der Waals surface area (Å²) in [7, 11) is 0. The zero-order valence-electron chi connectivity index (χ0n) is 21.0. The van der Waals surface area contributed by atoms with Crippen molar-refractivity contribution in [3.63, 3.8) is 0 Å². The van der Waals surface area contributed by atoms with Gasteiger partial charge in [-0.2, -0.15) is 5.06 Å². The third-order valence-electron chi connectivity index (χ3n) is 6.90. The summed E-state index contributed by atoms with van der Waals surface area (Å²) in [6, 6.07) is 0. The van der Waals surface area contributed by atoms with Gasteiger partial charge in [0.05, 0.1) is 6.61 Å². The first-order valence-electron chi connectivity index (χ1n) is 13.3. The molecule has 0 radical (unpaired) electrons. The maximum atomic E-state index is 6.27. The van der Waals surface area contributed by atoms with Crippen LogP contribution >= 0.6 is 0 Å². The van der Waals surface area contributed by atoms with E-state index in [0.717, 1.165) is 6.61 Å². The van der Waals surface area contributed by atoms with Crippen molar-refractivity contribution in [2.24, 2.45) is 0 Å². The molecule has 0 aromatic heterocycles. The Morgan fingerprint density at radius 2 is 0.897 bits per heavy atom. The highest BCUT2D eigenvalue weighted by molar-refractivity contribution is 4.92. The molecule has 1 heterocycles. The Bertz CT molecular complexity index is 361. The molecule has 1 aliphatic rings. The Morgan fingerprint density at radius 3 is 1.28 bits per heavy atom.